The van der Waals surface area contributed by atoms with E-state index in [1.54, 1.807) is 13.2 Å². The minimum atomic E-state index is -3.56. The lowest BCUT2D eigenvalue weighted by Gasteiger charge is -2.31. The van der Waals surface area contributed by atoms with Crippen molar-refractivity contribution in [3.63, 3.8) is 0 Å². The number of piperidine rings is 1. The zero-order valence-corrected chi connectivity index (χ0v) is 12.3. The number of rotatable bonds is 4. The fourth-order valence-electron chi connectivity index (χ4n) is 2.32. The van der Waals surface area contributed by atoms with Gasteiger partial charge in [-0.3, -0.25) is 0 Å². The summed E-state index contributed by atoms with van der Waals surface area (Å²) >= 11 is 5.88. The van der Waals surface area contributed by atoms with Gasteiger partial charge in [-0.15, -0.1) is 0 Å². The quantitative estimate of drug-likeness (QED) is 0.796. The summed E-state index contributed by atoms with van der Waals surface area (Å²) in [6.07, 6.45) is 3.30. The first kappa shape index (κ1) is 14.7. The lowest BCUT2D eigenvalue weighted by atomic mass is 10.0. The van der Waals surface area contributed by atoms with Crippen molar-refractivity contribution in [3.8, 4) is 0 Å². The second-order valence-electron chi connectivity index (χ2n) is 4.62. The predicted molar refractivity (Wildman–Crippen MR) is 72.6 cm³/mol. The number of sulfonamides is 1. The minimum Gasteiger partial charge on any atom is -0.384 e. The molecule has 1 fully saturated rings. The molecule has 5 nitrogen and oxygen atoms in total. The summed E-state index contributed by atoms with van der Waals surface area (Å²) in [5.74, 6) is 0.240. The lowest BCUT2D eigenvalue weighted by molar-refractivity contribution is 0.118. The van der Waals surface area contributed by atoms with E-state index in [-0.39, 0.29) is 16.0 Å². The van der Waals surface area contributed by atoms with Crippen LogP contribution >= 0.6 is 11.6 Å². The first-order chi connectivity index (χ1) is 9.05. The second-order valence-corrected chi connectivity index (χ2v) is 6.88. The molecule has 106 valence electrons. The Morgan fingerprint density at radius 1 is 1.58 bits per heavy atom. The minimum absolute atomic E-state index is 0.0244. The van der Waals surface area contributed by atoms with Gasteiger partial charge in [-0.2, -0.15) is 4.31 Å². The van der Waals surface area contributed by atoms with Crippen LogP contribution in [0.15, 0.2) is 23.2 Å². The molecular weight excluding hydrogens is 288 g/mol. The zero-order chi connectivity index (χ0) is 13.9. The van der Waals surface area contributed by atoms with Crippen LogP contribution in [0.5, 0.6) is 0 Å². The van der Waals surface area contributed by atoms with Crippen LogP contribution in [-0.4, -0.2) is 44.5 Å². The molecule has 1 unspecified atom stereocenters. The van der Waals surface area contributed by atoms with E-state index in [4.69, 9.17) is 16.3 Å². The molecule has 2 rings (SSSR count). The van der Waals surface area contributed by atoms with E-state index in [0.717, 1.165) is 12.8 Å². The number of halogens is 1. The van der Waals surface area contributed by atoms with Crippen molar-refractivity contribution in [1.82, 2.24) is 9.29 Å². The van der Waals surface area contributed by atoms with E-state index in [1.165, 1.54) is 16.6 Å². The molecule has 2 heterocycles. The van der Waals surface area contributed by atoms with Gasteiger partial charge in [-0.1, -0.05) is 11.6 Å². The third kappa shape index (κ3) is 3.25. The molecular formula is C12H17ClN2O3S. The topological polar surface area (TPSA) is 59.5 Å². The summed E-state index contributed by atoms with van der Waals surface area (Å²) in [4.78, 5) is 3.91. The van der Waals surface area contributed by atoms with Gasteiger partial charge in [0.05, 0.1) is 6.61 Å². The number of aromatic nitrogens is 1. The molecule has 0 N–H and O–H groups in total. The lowest BCUT2D eigenvalue weighted by Crippen LogP contribution is -2.41. The largest absolute Gasteiger partial charge is 0.384 e. The number of pyridine rings is 1. The maximum absolute atomic E-state index is 12.5. The number of nitrogens with zero attached hydrogens (tertiary/aromatic N) is 2. The number of hydrogen-bond donors (Lipinski definition) is 0. The smallest absolute Gasteiger partial charge is 0.246 e. The normalized spacial score (nSPS) is 21.5. The summed E-state index contributed by atoms with van der Waals surface area (Å²) in [5.41, 5.74) is 0. The molecule has 7 heteroatoms. The molecule has 0 bridgehead atoms. The van der Waals surface area contributed by atoms with Crippen molar-refractivity contribution >= 4 is 21.6 Å². The van der Waals surface area contributed by atoms with E-state index in [0.29, 0.717) is 19.7 Å². The van der Waals surface area contributed by atoms with E-state index in [9.17, 15) is 8.42 Å². The van der Waals surface area contributed by atoms with E-state index in [2.05, 4.69) is 4.98 Å². The van der Waals surface area contributed by atoms with Gasteiger partial charge in [-0.05, 0) is 30.9 Å². The van der Waals surface area contributed by atoms with Crippen LogP contribution < -0.4 is 0 Å². The van der Waals surface area contributed by atoms with E-state index >= 15 is 0 Å². The van der Waals surface area contributed by atoms with Gasteiger partial charge in [0, 0.05) is 26.4 Å². The van der Waals surface area contributed by atoms with Crippen LogP contribution in [-0.2, 0) is 14.8 Å². The number of ether oxygens (including phenoxy) is 1. The molecule has 1 aliphatic rings. The van der Waals surface area contributed by atoms with Crippen LogP contribution in [0.2, 0.25) is 5.15 Å². The second kappa shape index (κ2) is 6.17. The molecule has 1 aromatic heterocycles. The SMILES string of the molecule is COCC1CCCN(S(=O)(=O)c2cccnc2Cl)C1. The summed E-state index contributed by atoms with van der Waals surface area (Å²) in [7, 11) is -1.93. The Morgan fingerprint density at radius 3 is 3.05 bits per heavy atom. The highest BCUT2D eigenvalue weighted by Crippen LogP contribution is 2.26. The fraction of sp³-hybridized carbons (Fsp3) is 0.583. The zero-order valence-electron chi connectivity index (χ0n) is 10.8. The molecule has 1 saturated heterocycles. The molecule has 0 amide bonds. The van der Waals surface area contributed by atoms with Gasteiger partial charge in [0.15, 0.2) is 0 Å². The predicted octanol–water partition coefficient (Wildman–Crippen LogP) is 1.78. The highest BCUT2D eigenvalue weighted by Gasteiger charge is 2.31. The molecule has 0 aliphatic carbocycles. The number of hydrogen-bond acceptors (Lipinski definition) is 4. The molecule has 1 aromatic rings. The van der Waals surface area contributed by atoms with Gasteiger partial charge in [0.25, 0.3) is 0 Å². The molecule has 0 aromatic carbocycles. The van der Waals surface area contributed by atoms with E-state index in [1.807, 2.05) is 0 Å². The Kier molecular flexibility index (Phi) is 4.78. The first-order valence-electron chi connectivity index (χ1n) is 6.15. The summed E-state index contributed by atoms with van der Waals surface area (Å²) in [6.45, 7) is 1.57. The van der Waals surface area contributed by atoms with Crippen LogP contribution in [0.25, 0.3) is 0 Å². The fourth-order valence-corrected chi connectivity index (χ4v) is 4.30. The van der Waals surface area contributed by atoms with Crippen molar-refractivity contribution in [1.29, 1.82) is 0 Å². The Bertz CT molecular complexity index is 534. The maximum atomic E-state index is 12.5. The van der Waals surface area contributed by atoms with Gasteiger partial charge in [0.1, 0.15) is 10.0 Å². The Hall–Kier alpha value is -0.690. The third-order valence-corrected chi connectivity index (χ3v) is 5.54. The highest BCUT2D eigenvalue weighted by molar-refractivity contribution is 7.89. The van der Waals surface area contributed by atoms with Gasteiger partial charge in [0.2, 0.25) is 10.0 Å². The Morgan fingerprint density at radius 2 is 2.37 bits per heavy atom. The Labute approximate surface area is 118 Å². The standard InChI is InChI=1S/C12H17ClN2O3S/c1-18-9-10-4-3-7-15(8-10)19(16,17)11-5-2-6-14-12(11)13/h2,5-6,10H,3-4,7-9H2,1H3. The molecule has 0 spiro atoms. The molecule has 0 saturated carbocycles. The van der Waals surface area contributed by atoms with Crippen molar-refractivity contribution in [3.05, 3.63) is 23.5 Å². The van der Waals surface area contributed by atoms with Crippen LogP contribution in [0.4, 0.5) is 0 Å². The average Bonchev–Trinajstić information content (AvgIpc) is 2.40. The van der Waals surface area contributed by atoms with E-state index < -0.39 is 10.0 Å². The Balaban J connectivity index is 2.22. The molecule has 1 atom stereocenters. The van der Waals surface area contributed by atoms with Crippen LogP contribution in [0.1, 0.15) is 12.8 Å². The molecule has 0 radical (unpaired) electrons. The highest BCUT2D eigenvalue weighted by atomic mass is 35.5. The maximum Gasteiger partial charge on any atom is 0.246 e. The molecule has 19 heavy (non-hydrogen) atoms. The van der Waals surface area contributed by atoms with Crippen LogP contribution in [0, 0.1) is 5.92 Å². The van der Waals surface area contributed by atoms with Crippen molar-refractivity contribution in [2.75, 3.05) is 26.8 Å². The van der Waals surface area contributed by atoms with Crippen molar-refractivity contribution in [2.24, 2.45) is 5.92 Å². The summed E-state index contributed by atoms with van der Waals surface area (Å²) in [5, 5.41) is 0.0244. The first-order valence-corrected chi connectivity index (χ1v) is 7.97. The van der Waals surface area contributed by atoms with Gasteiger partial charge in [-0.25, -0.2) is 13.4 Å². The van der Waals surface area contributed by atoms with Gasteiger partial charge < -0.3 is 4.74 Å². The van der Waals surface area contributed by atoms with Crippen molar-refractivity contribution < 1.29 is 13.2 Å². The summed E-state index contributed by atoms with van der Waals surface area (Å²) < 4.78 is 31.6. The van der Waals surface area contributed by atoms with Crippen LogP contribution in [0.3, 0.4) is 0 Å². The molecule has 1 aliphatic heterocycles. The monoisotopic (exact) mass is 304 g/mol. The van der Waals surface area contributed by atoms with Crippen molar-refractivity contribution in [2.45, 2.75) is 17.7 Å². The summed E-state index contributed by atoms with van der Waals surface area (Å²) in [6, 6.07) is 3.07. The average molecular weight is 305 g/mol. The number of methoxy groups -OCH3 is 1. The third-order valence-electron chi connectivity index (χ3n) is 3.23. The van der Waals surface area contributed by atoms with Gasteiger partial charge >= 0.3 is 0 Å².